The third-order valence-electron chi connectivity index (χ3n) is 3.42. The quantitative estimate of drug-likeness (QED) is 0.457. The molecule has 0 aliphatic carbocycles. The lowest BCUT2D eigenvalue weighted by Crippen LogP contribution is -2.35. The highest BCUT2D eigenvalue weighted by molar-refractivity contribution is 5.91. The van der Waals surface area contributed by atoms with Gasteiger partial charge in [0.25, 0.3) is 12.1 Å². The van der Waals surface area contributed by atoms with Crippen LogP contribution in [0.5, 0.6) is 0 Å². The average molecular weight is 346 g/mol. The van der Waals surface area contributed by atoms with Crippen molar-refractivity contribution >= 4 is 17.3 Å². The van der Waals surface area contributed by atoms with Gasteiger partial charge in [-0.3, -0.25) is 10.1 Å². The first-order valence-corrected chi connectivity index (χ1v) is 7.03. The number of nitrogens with zero attached hydrogens (tertiary/aromatic N) is 1. The van der Waals surface area contributed by atoms with Crippen LogP contribution < -0.4 is 5.32 Å². The zero-order chi connectivity index (χ0) is 17.7. The van der Waals surface area contributed by atoms with Gasteiger partial charge < -0.3 is 19.5 Å². The van der Waals surface area contributed by atoms with E-state index in [4.69, 9.17) is 9.47 Å². The van der Waals surface area contributed by atoms with Crippen LogP contribution in [0.15, 0.2) is 18.2 Å². The molecule has 1 aromatic carbocycles. The number of esters is 1. The molecule has 2 atom stereocenters. The molecule has 1 aliphatic heterocycles. The zero-order valence-corrected chi connectivity index (χ0v) is 12.7. The minimum atomic E-state index is -2.62. The second kappa shape index (κ2) is 7.97. The number of halogens is 2. The Bertz CT molecular complexity index is 613. The molecule has 0 saturated carbocycles. The number of nitrogens with one attached hydrogen (secondary N) is 1. The number of anilines is 1. The van der Waals surface area contributed by atoms with Crippen molar-refractivity contribution in [1.82, 2.24) is 0 Å². The number of nitro groups is 1. The van der Waals surface area contributed by atoms with Crippen LogP contribution in [-0.4, -0.2) is 56.4 Å². The maximum absolute atomic E-state index is 12.3. The number of hydrogen-bond donors (Lipinski definition) is 1. The van der Waals surface area contributed by atoms with Crippen LogP contribution in [0.2, 0.25) is 0 Å². The lowest BCUT2D eigenvalue weighted by molar-refractivity contribution is -0.384. The number of methoxy groups -OCH3 is 1. The number of carbonyl (C=O) groups excluding carboxylic acids is 1. The van der Waals surface area contributed by atoms with E-state index < -0.39 is 36.1 Å². The topological polar surface area (TPSA) is 99.9 Å². The molecule has 1 saturated heterocycles. The summed E-state index contributed by atoms with van der Waals surface area (Å²) < 4.78 is 39.3. The summed E-state index contributed by atoms with van der Waals surface area (Å²) in [5.74, 6) is -0.652. The second-order valence-electron chi connectivity index (χ2n) is 5.03. The summed E-state index contributed by atoms with van der Waals surface area (Å²) in [5.41, 5.74) is -0.0826. The third kappa shape index (κ3) is 4.36. The predicted molar refractivity (Wildman–Crippen MR) is 78.4 cm³/mol. The molecule has 1 N–H and O–H groups in total. The van der Waals surface area contributed by atoms with E-state index in [9.17, 15) is 23.7 Å². The van der Waals surface area contributed by atoms with E-state index in [0.717, 1.165) is 0 Å². The molecule has 24 heavy (non-hydrogen) atoms. The molecule has 2 unspecified atom stereocenters. The summed E-state index contributed by atoms with van der Waals surface area (Å²) in [4.78, 5) is 22.1. The van der Waals surface area contributed by atoms with Crippen molar-refractivity contribution in [3.8, 4) is 0 Å². The van der Waals surface area contributed by atoms with Crippen LogP contribution in [0, 0.1) is 10.1 Å². The highest BCUT2D eigenvalue weighted by atomic mass is 19.3. The van der Waals surface area contributed by atoms with E-state index in [-0.39, 0.29) is 30.2 Å². The highest BCUT2D eigenvalue weighted by Gasteiger charge is 2.31. The predicted octanol–water partition coefficient (Wildman–Crippen LogP) is 1.84. The minimum absolute atomic E-state index is 0.0593. The van der Waals surface area contributed by atoms with Crippen molar-refractivity contribution in [2.75, 3.05) is 32.2 Å². The number of nitro benzene ring substituents is 1. The van der Waals surface area contributed by atoms with E-state index in [1.807, 2.05) is 0 Å². The van der Waals surface area contributed by atoms with Crippen molar-refractivity contribution in [2.45, 2.75) is 18.6 Å². The molecule has 1 aliphatic rings. The molecule has 132 valence electrons. The number of benzene rings is 1. The van der Waals surface area contributed by atoms with Crippen molar-refractivity contribution in [2.24, 2.45) is 0 Å². The summed E-state index contributed by atoms with van der Waals surface area (Å²) in [6.07, 6.45) is -3.30. The standard InChI is InChI=1S/C14H16F2N2O6/c1-22-14(19)8-2-3-11(18(20)21)9(4-8)17-10-5-23-6-12(10)24-7-13(15)16/h2-4,10,12-13,17H,5-7H2,1H3. The first kappa shape index (κ1) is 18.0. The minimum Gasteiger partial charge on any atom is -0.465 e. The zero-order valence-electron chi connectivity index (χ0n) is 12.7. The van der Waals surface area contributed by atoms with Gasteiger partial charge in [0, 0.05) is 6.07 Å². The Labute approximate surface area is 135 Å². The fourth-order valence-corrected chi connectivity index (χ4v) is 2.29. The highest BCUT2D eigenvalue weighted by Crippen LogP contribution is 2.28. The molecule has 1 heterocycles. The Morgan fingerprint density at radius 3 is 2.88 bits per heavy atom. The van der Waals surface area contributed by atoms with Gasteiger partial charge in [0.05, 0.1) is 36.9 Å². The SMILES string of the molecule is COC(=O)c1ccc([N+](=O)[O-])c(NC2COCC2OCC(F)F)c1. The molecular formula is C14H16F2N2O6. The maximum atomic E-state index is 12.3. The van der Waals surface area contributed by atoms with Gasteiger partial charge in [-0.25, -0.2) is 13.6 Å². The molecule has 0 bridgehead atoms. The van der Waals surface area contributed by atoms with Gasteiger partial charge in [0.15, 0.2) is 0 Å². The Kier molecular flexibility index (Phi) is 5.99. The first-order valence-electron chi connectivity index (χ1n) is 7.03. The Balaban J connectivity index is 2.19. The fraction of sp³-hybridized carbons (Fsp3) is 0.500. The smallest absolute Gasteiger partial charge is 0.337 e. The molecule has 0 radical (unpaired) electrons. The van der Waals surface area contributed by atoms with Crippen molar-refractivity contribution in [3.05, 3.63) is 33.9 Å². The molecule has 1 aromatic rings. The van der Waals surface area contributed by atoms with E-state index >= 15 is 0 Å². The van der Waals surface area contributed by atoms with E-state index in [2.05, 4.69) is 10.1 Å². The number of carbonyl (C=O) groups is 1. The summed E-state index contributed by atoms with van der Waals surface area (Å²) in [7, 11) is 1.19. The van der Waals surface area contributed by atoms with Gasteiger partial charge in [-0.1, -0.05) is 0 Å². The van der Waals surface area contributed by atoms with Crippen molar-refractivity contribution in [3.63, 3.8) is 0 Å². The molecule has 2 rings (SSSR count). The maximum Gasteiger partial charge on any atom is 0.337 e. The normalized spacial score (nSPS) is 20.2. The molecule has 0 amide bonds. The van der Waals surface area contributed by atoms with Crippen LogP contribution in [0.4, 0.5) is 20.2 Å². The van der Waals surface area contributed by atoms with Gasteiger partial charge in [-0.05, 0) is 12.1 Å². The number of rotatable bonds is 7. The van der Waals surface area contributed by atoms with Gasteiger partial charge in [0.2, 0.25) is 0 Å². The number of ether oxygens (including phenoxy) is 3. The van der Waals surface area contributed by atoms with Gasteiger partial charge in [0.1, 0.15) is 18.4 Å². The lowest BCUT2D eigenvalue weighted by atomic mass is 10.1. The number of hydrogen-bond acceptors (Lipinski definition) is 7. The van der Waals surface area contributed by atoms with Crippen molar-refractivity contribution in [1.29, 1.82) is 0 Å². The van der Waals surface area contributed by atoms with Gasteiger partial charge in [-0.2, -0.15) is 0 Å². The fourth-order valence-electron chi connectivity index (χ4n) is 2.29. The van der Waals surface area contributed by atoms with E-state index in [1.54, 1.807) is 0 Å². The molecule has 8 nitrogen and oxygen atoms in total. The van der Waals surface area contributed by atoms with Crippen LogP contribution in [0.25, 0.3) is 0 Å². The van der Waals surface area contributed by atoms with Gasteiger partial charge in [-0.15, -0.1) is 0 Å². The summed E-state index contributed by atoms with van der Waals surface area (Å²) in [6.45, 7) is -0.529. The van der Waals surface area contributed by atoms with E-state index in [1.165, 1.54) is 25.3 Å². The van der Waals surface area contributed by atoms with Crippen LogP contribution in [0.3, 0.4) is 0 Å². The Hall–Kier alpha value is -2.33. The molecule has 10 heteroatoms. The van der Waals surface area contributed by atoms with E-state index in [0.29, 0.717) is 0 Å². The molecule has 0 spiro atoms. The number of alkyl halides is 2. The lowest BCUT2D eigenvalue weighted by Gasteiger charge is -2.20. The van der Waals surface area contributed by atoms with Crippen LogP contribution in [-0.2, 0) is 14.2 Å². The molecular weight excluding hydrogens is 330 g/mol. The van der Waals surface area contributed by atoms with Crippen LogP contribution >= 0.6 is 0 Å². The monoisotopic (exact) mass is 346 g/mol. The average Bonchev–Trinajstić information content (AvgIpc) is 2.99. The molecule has 1 fully saturated rings. The van der Waals surface area contributed by atoms with Crippen molar-refractivity contribution < 1.29 is 32.7 Å². The third-order valence-corrected chi connectivity index (χ3v) is 3.42. The van der Waals surface area contributed by atoms with Crippen LogP contribution in [0.1, 0.15) is 10.4 Å². The summed E-state index contributed by atoms with van der Waals surface area (Å²) in [5, 5.41) is 14.0. The molecule has 0 aromatic heterocycles. The Morgan fingerprint density at radius 1 is 1.50 bits per heavy atom. The first-order chi connectivity index (χ1) is 11.4. The largest absolute Gasteiger partial charge is 0.465 e. The second-order valence-corrected chi connectivity index (χ2v) is 5.03. The Morgan fingerprint density at radius 2 is 2.25 bits per heavy atom. The van der Waals surface area contributed by atoms with Gasteiger partial charge >= 0.3 is 5.97 Å². The summed E-state index contributed by atoms with van der Waals surface area (Å²) >= 11 is 0. The summed E-state index contributed by atoms with van der Waals surface area (Å²) in [6, 6.07) is 3.15.